The highest BCUT2D eigenvalue weighted by molar-refractivity contribution is 9.10. The van der Waals surface area contributed by atoms with Crippen molar-refractivity contribution in [2.45, 2.75) is 19.6 Å². The lowest BCUT2D eigenvalue weighted by atomic mass is 10.2. The average Bonchev–Trinajstić information content (AvgIpc) is 2.82. The van der Waals surface area contributed by atoms with Gasteiger partial charge in [-0.1, -0.05) is 12.1 Å². The maximum Gasteiger partial charge on any atom is 0.119 e. The molecule has 2 N–H and O–H groups in total. The summed E-state index contributed by atoms with van der Waals surface area (Å²) in [5, 5.41) is 15.1. The Labute approximate surface area is 131 Å². The number of nitrogens with one attached hydrogen (secondary N) is 1. The van der Waals surface area contributed by atoms with Gasteiger partial charge in [0.2, 0.25) is 0 Å². The quantitative estimate of drug-likeness (QED) is 0.800. The Hall–Kier alpha value is -0.880. The van der Waals surface area contributed by atoms with Crippen LogP contribution in [0.15, 0.2) is 40.2 Å². The van der Waals surface area contributed by atoms with Gasteiger partial charge in [0.05, 0.1) is 0 Å². The van der Waals surface area contributed by atoms with Crippen LogP contribution in [-0.4, -0.2) is 24.4 Å². The summed E-state index contributed by atoms with van der Waals surface area (Å²) in [6, 6.07) is 9.85. The predicted molar refractivity (Wildman–Crippen MR) is 86.4 cm³/mol. The second-order valence-corrected chi connectivity index (χ2v) is 6.46. The number of hydrogen-bond donors (Lipinski definition) is 2. The Bertz CT molecular complexity index is 544. The molecule has 2 rings (SSSR count). The van der Waals surface area contributed by atoms with Gasteiger partial charge in [0.15, 0.2) is 0 Å². The molecule has 1 heterocycles. The topological polar surface area (TPSA) is 41.5 Å². The highest BCUT2D eigenvalue weighted by atomic mass is 79.9. The molecule has 1 atom stereocenters. The Morgan fingerprint density at radius 3 is 2.95 bits per heavy atom. The van der Waals surface area contributed by atoms with Crippen molar-refractivity contribution in [3.63, 3.8) is 0 Å². The van der Waals surface area contributed by atoms with E-state index >= 15 is 0 Å². The maximum absolute atomic E-state index is 9.88. The van der Waals surface area contributed by atoms with E-state index in [-0.39, 0.29) is 0 Å². The number of halogens is 1. The normalized spacial score (nSPS) is 12.3. The highest BCUT2D eigenvalue weighted by Crippen LogP contribution is 2.22. The van der Waals surface area contributed by atoms with Crippen LogP contribution in [-0.2, 0) is 6.54 Å². The molecule has 0 aliphatic heterocycles. The molecule has 0 amide bonds. The van der Waals surface area contributed by atoms with Crippen LogP contribution in [0.5, 0.6) is 5.75 Å². The molecule has 0 radical (unpaired) electrons. The molecule has 0 bridgehead atoms. The molecule has 2 aromatic rings. The van der Waals surface area contributed by atoms with Crippen LogP contribution in [0, 0.1) is 6.92 Å². The molecule has 0 aliphatic rings. The number of aliphatic hydroxyl groups excluding tert-OH is 1. The van der Waals surface area contributed by atoms with Crippen molar-refractivity contribution in [2.75, 3.05) is 13.2 Å². The molecular weight excluding hydrogens is 338 g/mol. The Balaban J connectivity index is 1.68. The standard InChI is InChI=1S/C15H18BrNO2S/c1-11-3-2-4-13(7-11)19-10-12(18)8-17-9-15-14(16)5-6-20-15/h2-7,12,17-18H,8-10H2,1H3. The number of rotatable bonds is 7. The van der Waals surface area contributed by atoms with E-state index in [1.165, 1.54) is 4.88 Å². The zero-order valence-electron chi connectivity index (χ0n) is 11.3. The molecular formula is C15H18BrNO2S. The second kappa shape index (κ2) is 7.78. The van der Waals surface area contributed by atoms with Crippen molar-refractivity contribution in [3.05, 3.63) is 50.6 Å². The van der Waals surface area contributed by atoms with Crippen LogP contribution in [0.3, 0.4) is 0 Å². The van der Waals surface area contributed by atoms with Gasteiger partial charge in [-0.2, -0.15) is 0 Å². The molecule has 108 valence electrons. The zero-order valence-corrected chi connectivity index (χ0v) is 13.7. The van der Waals surface area contributed by atoms with E-state index in [0.29, 0.717) is 13.2 Å². The summed E-state index contributed by atoms with van der Waals surface area (Å²) in [5.74, 6) is 0.796. The van der Waals surface area contributed by atoms with Crippen LogP contribution >= 0.6 is 27.3 Å². The maximum atomic E-state index is 9.88. The SMILES string of the molecule is Cc1cccc(OCC(O)CNCc2sccc2Br)c1. The lowest BCUT2D eigenvalue weighted by Gasteiger charge is -2.13. The molecule has 0 saturated heterocycles. The Morgan fingerprint density at radius 2 is 2.25 bits per heavy atom. The third-order valence-electron chi connectivity index (χ3n) is 2.79. The van der Waals surface area contributed by atoms with Gasteiger partial charge in [-0.05, 0) is 52.0 Å². The van der Waals surface area contributed by atoms with Crippen LogP contribution < -0.4 is 10.1 Å². The fraction of sp³-hybridized carbons (Fsp3) is 0.333. The lowest BCUT2D eigenvalue weighted by Crippen LogP contribution is -2.31. The largest absolute Gasteiger partial charge is 0.491 e. The fourth-order valence-electron chi connectivity index (χ4n) is 1.76. The zero-order chi connectivity index (χ0) is 14.4. The second-order valence-electron chi connectivity index (χ2n) is 4.60. The van der Waals surface area contributed by atoms with Crippen molar-refractivity contribution in [1.29, 1.82) is 0 Å². The van der Waals surface area contributed by atoms with E-state index < -0.39 is 6.10 Å². The molecule has 1 aromatic heterocycles. The number of aliphatic hydroxyl groups is 1. The van der Waals surface area contributed by atoms with Gasteiger partial charge in [0.25, 0.3) is 0 Å². The van der Waals surface area contributed by atoms with Crippen LogP contribution in [0.4, 0.5) is 0 Å². The summed E-state index contributed by atoms with van der Waals surface area (Å²) < 4.78 is 6.68. The minimum Gasteiger partial charge on any atom is -0.491 e. The van der Waals surface area contributed by atoms with Gasteiger partial charge in [-0.15, -0.1) is 11.3 Å². The van der Waals surface area contributed by atoms with E-state index in [4.69, 9.17) is 4.74 Å². The first kappa shape index (κ1) is 15.5. The first-order chi connectivity index (χ1) is 9.65. The van der Waals surface area contributed by atoms with Gasteiger partial charge < -0.3 is 15.2 Å². The van der Waals surface area contributed by atoms with Crippen LogP contribution in [0.1, 0.15) is 10.4 Å². The Morgan fingerprint density at radius 1 is 1.40 bits per heavy atom. The molecule has 0 saturated carbocycles. The first-order valence-corrected chi connectivity index (χ1v) is 8.12. The fourth-order valence-corrected chi connectivity index (χ4v) is 3.22. The van der Waals surface area contributed by atoms with E-state index in [0.717, 1.165) is 22.3 Å². The third kappa shape index (κ3) is 4.90. The van der Waals surface area contributed by atoms with Crippen molar-refractivity contribution in [3.8, 4) is 5.75 Å². The van der Waals surface area contributed by atoms with Crippen molar-refractivity contribution in [1.82, 2.24) is 5.32 Å². The number of hydrogen-bond acceptors (Lipinski definition) is 4. The van der Waals surface area contributed by atoms with E-state index in [1.807, 2.05) is 42.6 Å². The van der Waals surface area contributed by atoms with Gasteiger partial charge in [0.1, 0.15) is 18.5 Å². The third-order valence-corrected chi connectivity index (χ3v) is 4.71. The van der Waals surface area contributed by atoms with E-state index in [2.05, 4.69) is 21.2 Å². The van der Waals surface area contributed by atoms with Crippen molar-refractivity contribution in [2.24, 2.45) is 0 Å². The van der Waals surface area contributed by atoms with Gasteiger partial charge in [-0.3, -0.25) is 0 Å². The molecule has 3 nitrogen and oxygen atoms in total. The van der Waals surface area contributed by atoms with Gasteiger partial charge in [0, 0.05) is 22.4 Å². The minimum atomic E-state index is -0.519. The molecule has 0 aliphatic carbocycles. The van der Waals surface area contributed by atoms with Crippen LogP contribution in [0.2, 0.25) is 0 Å². The molecule has 0 spiro atoms. The van der Waals surface area contributed by atoms with Crippen molar-refractivity contribution < 1.29 is 9.84 Å². The van der Waals surface area contributed by atoms with Crippen molar-refractivity contribution >= 4 is 27.3 Å². The summed E-state index contributed by atoms with van der Waals surface area (Å²) in [4.78, 5) is 1.23. The summed E-state index contributed by atoms with van der Waals surface area (Å²) in [6.45, 7) is 3.57. The summed E-state index contributed by atoms with van der Waals surface area (Å²) in [6.07, 6.45) is -0.519. The number of aryl methyl sites for hydroxylation is 1. The number of thiophene rings is 1. The van der Waals surface area contributed by atoms with E-state index in [9.17, 15) is 5.11 Å². The number of benzene rings is 1. The Kier molecular flexibility index (Phi) is 6.04. The molecule has 1 unspecified atom stereocenters. The smallest absolute Gasteiger partial charge is 0.119 e. The minimum absolute atomic E-state index is 0.294. The molecule has 0 fully saturated rings. The number of ether oxygens (including phenoxy) is 1. The van der Waals surface area contributed by atoms with Gasteiger partial charge >= 0.3 is 0 Å². The predicted octanol–water partition coefficient (Wildman–Crippen LogP) is 3.35. The molecule has 1 aromatic carbocycles. The summed E-state index contributed by atoms with van der Waals surface area (Å²) in [7, 11) is 0. The van der Waals surface area contributed by atoms with E-state index in [1.54, 1.807) is 11.3 Å². The molecule has 20 heavy (non-hydrogen) atoms. The van der Waals surface area contributed by atoms with Gasteiger partial charge in [-0.25, -0.2) is 0 Å². The average molecular weight is 356 g/mol. The lowest BCUT2D eigenvalue weighted by molar-refractivity contribution is 0.106. The summed E-state index contributed by atoms with van der Waals surface area (Å²) in [5.41, 5.74) is 1.15. The monoisotopic (exact) mass is 355 g/mol. The van der Waals surface area contributed by atoms with Crippen LogP contribution in [0.25, 0.3) is 0 Å². The highest BCUT2D eigenvalue weighted by Gasteiger charge is 2.06. The summed E-state index contributed by atoms with van der Waals surface area (Å²) >= 11 is 5.18. The molecule has 5 heteroatoms. The first-order valence-electron chi connectivity index (χ1n) is 6.45.